The Morgan fingerprint density at radius 3 is 3.00 bits per heavy atom. The maximum absolute atomic E-state index is 10.4. The van der Waals surface area contributed by atoms with Gasteiger partial charge in [0.15, 0.2) is 0 Å². The Hall–Kier alpha value is -1.36. The van der Waals surface area contributed by atoms with E-state index in [4.69, 9.17) is 5.11 Å². The van der Waals surface area contributed by atoms with Gasteiger partial charge in [-0.1, -0.05) is 0 Å². The highest BCUT2D eigenvalue weighted by atomic mass is 16.4. The van der Waals surface area contributed by atoms with Crippen molar-refractivity contribution in [3.05, 3.63) is 17.5 Å². The summed E-state index contributed by atoms with van der Waals surface area (Å²) in [7, 11) is 0. The molecule has 0 spiro atoms. The van der Waals surface area contributed by atoms with Gasteiger partial charge in [0.05, 0.1) is 6.20 Å². The van der Waals surface area contributed by atoms with Crippen LogP contribution in [0, 0.1) is 6.92 Å². The zero-order valence-corrected chi connectivity index (χ0v) is 10.5. The van der Waals surface area contributed by atoms with E-state index in [0.717, 1.165) is 25.1 Å². The number of nitrogens with one attached hydrogen (secondary N) is 2. The molecule has 0 saturated carbocycles. The van der Waals surface area contributed by atoms with Gasteiger partial charge in [0, 0.05) is 18.2 Å². The predicted octanol–water partition coefficient (Wildman–Crippen LogP) is 1.49. The fourth-order valence-corrected chi connectivity index (χ4v) is 1.70. The van der Waals surface area contributed by atoms with Crippen LogP contribution in [0.25, 0.3) is 0 Å². The van der Waals surface area contributed by atoms with Crippen molar-refractivity contribution in [2.24, 2.45) is 0 Å². The number of aromatic amines is 1. The molecule has 3 N–H and O–H groups in total. The van der Waals surface area contributed by atoms with Crippen molar-refractivity contribution in [3.63, 3.8) is 0 Å². The first-order valence-corrected chi connectivity index (χ1v) is 6.03. The second-order valence-corrected chi connectivity index (χ2v) is 4.41. The molecule has 17 heavy (non-hydrogen) atoms. The minimum Gasteiger partial charge on any atom is -0.481 e. The van der Waals surface area contributed by atoms with Crippen LogP contribution in [0.3, 0.4) is 0 Å². The van der Waals surface area contributed by atoms with Gasteiger partial charge in [0.1, 0.15) is 0 Å². The van der Waals surface area contributed by atoms with Gasteiger partial charge in [-0.3, -0.25) is 9.89 Å². The zero-order valence-electron chi connectivity index (χ0n) is 10.5. The van der Waals surface area contributed by atoms with E-state index in [-0.39, 0.29) is 12.5 Å². The minimum absolute atomic E-state index is 0.231. The van der Waals surface area contributed by atoms with Crippen LogP contribution in [0.15, 0.2) is 6.20 Å². The highest BCUT2D eigenvalue weighted by molar-refractivity contribution is 5.66. The van der Waals surface area contributed by atoms with Gasteiger partial charge >= 0.3 is 5.97 Å². The van der Waals surface area contributed by atoms with Crippen molar-refractivity contribution in [2.45, 2.75) is 45.6 Å². The molecule has 0 saturated heterocycles. The molecule has 0 aliphatic rings. The van der Waals surface area contributed by atoms with E-state index < -0.39 is 5.97 Å². The van der Waals surface area contributed by atoms with Crippen LogP contribution < -0.4 is 5.32 Å². The number of aromatic nitrogens is 2. The van der Waals surface area contributed by atoms with Crippen molar-refractivity contribution < 1.29 is 9.90 Å². The lowest BCUT2D eigenvalue weighted by Crippen LogP contribution is -2.27. The number of aliphatic carboxylic acids is 1. The number of hydrogen-bond donors (Lipinski definition) is 3. The molecular weight excluding hydrogens is 218 g/mol. The number of carbonyl (C=O) groups is 1. The molecule has 0 bridgehead atoms. The molecule has 1 atom stereocenters. The fourth-order valence-electron chi connectivity index (χ4n) is 1.70. The zero-order chi connectivity index (χ0) is 12.7. The number of carboxylic acids is 1. The van der Waals surface area contributed by atoms with Gasteiger partial charge in [0.25, 0.3) is 0 Å². The Kier molecular flexibility index (Phi) is 5.69. The van der Waals surface area contributed by atoms with Gasteiger partial charge in [0.2, 0.25) is 0 Å². The number of nitrogens with zero attached hydrogens (tertiary/aromatic N) is 1. The summed E-state index contributed by atoms with van der Waals surface area (Å²) >= 11 is 0. The molecule has 1 unspecified atom stereocenters. The summed E-state index contributed by atoms with van der Waals surface area (Å²) in [5, 5.41) is 18.8. The number of hydrogen-bond acceptors (Lipinski definition) is 3. The molecule has 1 heterocycles. The third kappa shape index (κ3) is 5.49. The first kappa shape index (κ1) is 13.7. The van der Waals surface area contributed by atoms with Crippen molar-refractivity contribution in [3.8, 4) is 0 Å². The van der Waals surface area contributed by atoms with E-state index in [1.165, 1.54) is 5.56 Å². The summed E-state index contributed by atoms with van der Waals surface area (Å²) in [6, 6.07) is 0.261. The molecule has 5 nitrogen and oxygen atoms in total. The average Bonchev–Trinajstić information content (AvgIpc) is 2.68. The topological polar surface area (TPSA) is 78.0 Å². The van der Waals surface area contributed by atoms with Crippen LogP contribution in [0.2, 0.25) is 0 Å². The molecule has 1 rings (SSSR count). The van der Waals surface area contributed by atoms with E-state index in [2.05, 4.69) is 15.5 Å². The Labute approximate surface area is 102 Å². The predicted molar refractivity (Wildman–Crippen MR) is 66.0 cm³/mol. The molecule has 96 valence electrons. The Morgan fingerprint density at radius 2 is 2.41 bits per heavy atom. The third-order valence-corrected chi connectivity index (χ3v) is 2.84. The Bertz CT molecular complexity index is 349. The van der Waals surface area contributed by atoms with Crippen molar-refractivity contribution in [1.82, 2.24) is 15.5 Å². The smallest absolute Gasteiger partial charge is 0.303 e. The second kappa shape index (κ2) is 7.06. The summed E-state index contributed by atoms with van der Waals surface area (Å²) in [4.78, 5) is 10.4. The Morgan fingerprint density at radius 1 is 1.65 bits per heavy atom. The first-order valence-electron chi connectivity index (χ1n) is 6.03. The summed E-state index contributed by atoms with van der Waals surface area (Å²) in [6.45, 7) is 4.95. The standard InChI is InChI=1S/C12H21N3O2/c1-9(5-6-12(16)17)13-7-3-4-11-8-14-15-10(11)2/h8-9,13H,3-7H2,1-2H3,(H,14,15)(H,16,17). The molecule has 1 aromatic heterocycles. The lowest BCUT2D eigenvalue weighted by molar-refractivity contribution is -0.137. The molecule has 0 radical (unpaired) electrons. The SMILES string of the molecule is Cc1[nH]ncc1CCCNC(C)CCC(=O)O. The van der Waals surface area contributed by atoms with Crippen molar-refractivity contribution in [2.75, 3.05) is 6.54 Å². The molecule has 1 aromatic rings. The van der Waals surface area contributed by atoms with Crippen LogP contribution in [0.5, 0.6) is 0 Å². The lowest BCUT2D eigenvalue weighted by atomic mass is 10.1. The van der Waals surface area contributed by atoms with Crippen molar-refractivity contribution >= 4 is 5.97 Å². The maximum atomic E-state index is 10.4. The van der Waals surface area contributed by atoms with Gasteiger partial charge in [-0.15, -0.1) is 0 Å². The number of H-pyrrole nitrogens is 1. The summed E-state index contributed by atoms with van der Waals surface area (Å²) < 4.78 is 0. The second-order valence-electron chi connectivity index (χ2n) is 4.41. The summed E-state index contributed by atoms with van der Waals surface area (Å²) in [5.74, 6) is -0.729. The third-order valence-electron chi connectivity index (χ3n) is 2.84. The Balaban J connectivity index is 2.08. The largest absolute Gasteiger partial charge is 0.481 e. The monoisotopic (exact) mass is 239 g/mol. The van der Waals surface area contributed by atoms with Crippen LogP contribution in [-0.2, 0) is 11.2 Å². The first-order chi connectivity index (χ1) is 8.09. The molecule has 0 aliphatic carbocycles. The minimum atomic E-state index is -0.729. The fraction of sp³-hybridized carbons (Fsp3) is 0.667. The lowest BCUT2D eigenvalue weighted by Gasteiger charge is -2.12. The van der Waals surface area contributed by atoms with E-state index in [9.17, 15) is 4.79 Å². The van der Waals surface area contributed by atoms with Gasteiger partial charge < -0.3 is 10.4 Å². The number of aryl methyl sites for hydroxylation is 2. The molecule has 0 aromatic carbocycles. The summed E-state index contributed by atoms with van der Waals surface area (Å²) in [5.41, 5.74) is 2.38. The highest BCUT2D eigenvalue weighted by Gasteiger charge is 2.05. The normalized spacial score (nSPS) is 12.6. The van der Waals surface area contributed by atoms with Crippen molar-refractivity contribution in [1.29, 1.82) is 0 Å². The van der Waals surface area contributed by atoms with Gasteiger partial charge in [-0.2, -0.15) is 5.10 Å². The number of rotatable bonds is 8. The van der Waals surface area contributed by atoms with Crippen LogP contribution in [0.4, 0.5) is 0 Å². The van der Waals surface area contributed by atoms with Gasteiger partial charge in [-0.05, 0) is 45.2 Å². The van der Waals surface area contributed by atoms with E-state index in [1.807, 2.05) is 20.0 Å². The van der Waals surface area contributed by atoms with E-state index in [1.54, 1.807) is 0 Å². The maximum Gasteiger partial charge on any atom is 0.303 e. The number of carboxylic acid groups (broad SMARTS) is 1. The van der Waals surface area contributed by atoms with Gasteiger partial charge in [-0.25, -0.2) is 0 Å². The van der Waals surface area contributed by atoms with Crippen LogP contribution >= 0.6 is 0 Å². The van der Waals surface area contributed by atoms with Crippen LogP contribution in [0.1, 0.15) is 37.4 Å². The average molecular weight is 239 g/mol. The summed E-state index contributed by atoms with van der Waals surface area (Å²) in [6.07, 6.45) is 4.82. The molecule has 5 heteroatoms. The molecular formula is C12H21N3O2. The molecule has 0 amide bonds. The van der Waals surface area contributed by atoms with E-state index >= 15 is 0 Å². The quantitative estimate of drug-likeness (QED) is 0.601. The van der Waals surface area contributed by atoms with E-state index in [0.29, 0.717) is 6.42 Å². The van der Waals surface area contributed by atoms with Crippen LogP contribution in [-0.4, -0.2) is 33.9 Å². The molecule has 0 aliphatic heterocycles. The highest BCUT2D eigenvalue weighted by Crippen LogP contribution is 2.05. The molecule has 0 fully saturated rings.